The summed E-state index contributed by atoms with van der Waals surface area (Å²) in [5, 5.41) is 0.585. The maximum absolute atomic E-state index is 13.8. The smallest absolute Gasteiger partial charge is 0.315 e. The zero-order chi connectivity index (χ0) is 24.8. The minimum Gasteiger partial charge on any atom is -0.481 e. The Labute approximate surface area is 213 Å². The number of halogens is 1. The molecular weight excluding hydrogens is 500 g/mol. The summed E-state index contributed by atoms with van der Waals surface area (Å²) in [5.74, 6) is 0.793. The molecule has 9 heteroatoms. The van der Waals surface area contributed by atoms with Crippen molar-refractivity contribution in [1.29, 1.82) is 0 Å². The van der Waals surface area contributed by atoms with Crippen LogP contribution in [0.15, 0.2) is 74.9 Å². The molecule has 1 spiro atoms. The molecule has 1 fully saturated rings. The molecule has 7 nitrogen and oxygen atoms in total. The molecule has 7 rings (SSSR count). The summed E-state index contributed by atoms with van der Waals surface area (Å²) in [6.07, 6.45) is 1.72. The van der Waals surface area contributed by atoms with Gasteiger partial charge in [-0.25, -0.2) is 4.99 Å². The molecule has 4 unspecified atom stereocenters. The molecule has 4 heterocycles. The molecule has 2 aromatic heterocycles. The van der Waals surface area contributed by atoms with Crippen molar-refractivity contribution in [1.82, 2.24) is 4.57 Å². The first kappa shape index (κ1) is 21.6. The molecule has 36 heavy (non-hydrogen) atoms. The van der Waals surface area contributed by atoms with Gasteiger partial charge in [0.05, 0.1) is 16.7 Å². The minimum atomic E-state index is -0.999. The number of carbonyl (C=O) groups is 1. The van der Waals surface area contributed by atoms with Gasteiger partial charge in [-0.15, -0.1) is 0 Å². The lowest BCUT2D eigenvalue weighted by molar-refractivity contribution is -0.144. The normalized spacial score (nSPS) is 27.2. The number of ether oxygens (including phenoxy) is 2. The largest absolute Gasteiger partial charge is 0.481 e. The zero-order valence-corrected chi connectivity index (χ0v) is 20.8. The minimum absolute atomic E-state index is 0.211. The number of aromatic nitrogens is 1. The Morgan fingerprint density at radius 3 is 2.75 bits per heavy atom. The summed E-state index contributed by atoms with van der Waals surface area (Å²) in [4.78, 5) is 32.0. The van der Waals surface area contributed by atoms with Gasteiger partial charge in [-0.2, -0.15) is 0 Å². The Morgan fingerprint density at radius 2 is 1.94 bits per heavy atom. The van der Waals surface area contributed by atoms with Crippen molar-refractivity contribution in [2.75, 3.05) is 7.11 Å². The lowest BCUT2D eigenvalue weighted by Gasteiger charge is -2.26. The van der Waals surface area contributed by atoms with Gasteiger partial charge in [0.2, 0.25) is 0 Å². The van der Waals surface area contributed by atoms with Crippen LogP contribution in [0.5, 0.6) is 5.75 Å². The molecular formula is C27H19ClN2O5S. The maximum Gasteiger partial charge on any atom is 0.315 e. The van der Waals surface area contributed by atoms with E-state index in [1.54, 1.807) is 22.8 Å². The molecule has 1 saturated carbocycles. The second-order valence-corrected chi connectivity index (χ2v) is 10.7. The summed E-state index contributed by atoms with van der Waals surface area (Å²) < 4.78 is 19.7. The van der Waals surface area contributed by atoms with Crippen LogP contribution in [0.2, 0.25) is 5.02 Å². The zero-order valence-electron chi connectivity index (χ0n) is 19.2. The van der Waals surface area contributed by atoms with Crippen molar-refractivity contribution in [3.63, 3.8) is 0 Å². The van der Waals surface area contributed by atoms with Gasteiger partial charge in [-0.1, -0.05) is 53.3 Å². The van der Waals surface area contributed by atoms with Crippen molar-refractivity contribution in [2.24, 2.45) is 10.9 Å². The first-order valence-electron chi connectivity index (χ1n) is 11.4. The second-order valence-electron chi connectivity index (χ2n) is 9.30. The molecule has 0 N–H and O–H groups in total. The number of methoxy groups -OCH3 is 1. The fourth-order valence-corrected chi connectivity index (χ4v) is 7.13. The molecule has 4 aromatic rings. The third kappa shape index (κ3) is 2.60. The summed E-state index contributed by atoms with van der Waals surface area (Å²) in [7, 11) is 1.36. The highest BCUT2D eigenvalue weighted by Crippen LogP contribution is 2.70. The van der Waals surface area contributed by atoms with Crippen molar-refractivity contribution < 1.29 is 18.7 Å². The van der Waals surface area contributed by atoms with Crippen LogP contribution in [0.4, 0.5) is 0 Å². The maximum atomic E-state index is 13.8. The number of fused-ring (bicyclic) bond motifs is 4. The van der Waals surface area contributed by atoms with E-state index in [1.807, 2.05) is 55.5 Å². The van der Waals surface area contributed by atoms with E-state index in [1.165, 1.54) is 18.4 Å². The molecule has 0 saturated heterocycles. The number of esters is 1. The summed E-state index contributed by atoms with van der Waals surface area (Å²) in [6.45, 7) is 1.90. The van der Waals surface area contributed by atoms with E-state index in [0.29, 0.717) is 31.6 Å². The Kier molecular flexibility index (Phi) is 4.34. The van der Waals surface area contributed by atoms with E-state index in [9.17, 15) is 9.59 Å². The topological polar surface area (TPSA) is 83.0 Å². The van der Waals surface area contributed by atoms with Gasteiger partial charge in [0.25, 0.3) is 5.56 Å². The van der Waals surface area contributed by atoms with Gasteiger partial charge in [-0.3, -0.25) is 14.2 Å². The molecule has 4 atom stereocenters. The third-order valence-electron chi connectivity index (χ3n) is 7.50. The van der Waals surface area contributed by atoms with Gasteiger partial charge in [0, 0.05) is 17.2 Å². The third-order valence-corrected chi connectivity index (χ3v) is 8.81. The molecule has 0 bridgehead atoms. The van der Waals surface area contributed by atoms with Gasteiger partial charge in [0.15, 0.2) is 10.4 Å². The van der Waals surface area contributed by atoms with E-state index in [4.69, 9.17) is 30.5 Å². The number of benzene rings is 2. The molecule has 1 aliphatic carbocycles. The Balaban J connectivity index is 1.40. The molecule has 180 valence electrons. The van der Waals surface area contributed by atoms with Crippen molar-refractivity contribution in [2.45, 2.75) is 24.1 Å². The number of hydrogen-bond acceptors (Lipinski definition) is 7. The van der Waals surface area contributed by atoms with E-state index in [0.717, 1.165) is 11.1 Å². The van der Waals surface area contributed by atoms with Crippen LogP contribution in [0.25, 0.3) is 17.4 Å². The predicted octanol–water partition coefficient (Wildman–Crippen LogP) is 3.57. The van der Waals surface area contributed by atoms with Gasteiger partial charge in [-0.05, 0) is 37.3 Å². The first-order valence-corrected chi connectivity index (χ1v) is 12.6. The monoisotopic (exact) mass is 518 g/mol. The summed E-state index contributed by atoms with van der Waals surface area (Å²) in [5.41, 5.74) is -0.422. The van der Waals surface area contributed by atoms with Gasteiger partial charge in [0.1, 0.15) is 34.8 Å². The van der Waals surface area contributed by atoms with Crippen LogP contribution in [0.1, 0.15) is 24.3 Å². The fourth-order valence-electron chi connectivity index (χ4n) is 5.83. The van der Waals surface area contributed by atoms with Crippen LogP contribution < -0.4 is 19.6 Å². The standard InChI is InChI=1S/C27H19ClN2O5S/c1-26-21(24(32)33-2)27(26)22(16-8-4-6-10-19(16)35-27)30-23(31)20(36-25(30)29-26)13-14-11-12-18(34-14)15-7-3-5-9-17(15)28/h3-13,21-22H,1-2H3. The van der Waals surface area contributed by atoms with Crippen LogP contribution >= 0.6 is 22.9 Å². The summed E-state index contributed by atoms with van der Waals surface area (Å²) >= 11 is 7.58. The number of furan rings is 1. The van der Waals surface area contributed by atoms with Crippen molar-refractivity contribution in [3.05, 3.63) is 96.7 Å². The van der Waals surface area contributed by atoms with Crippen LogP contribution in [0, 0.1) is 5.92 Å². The Bertz CT molecular complexity index is 1770. The number of para-hydroxylation sites is 1. The lowest BCUT2D eigenvalue weighted by atomic mass is 9.97. The highest BCUT2D eigenvalue weighted by atomic mass is 35.5. The SMILES string of the molecule is COC(=O)C1C2(C)N=c3sc(=Cc4ccc(-c5ccccc5Cl)o4)c(=O)n3C3c4ccccc4OC312. The Hall–Kier alpha value is -3.62. The van der Waals surface area contributed by atoms with Gasteiger partial charge >= 0.3 is 5.97 Å². The number of nitrogens with zero attached hydrogens (tertiary/aromatic N) is 2. The highest BCUT2D eigenvalue weighted by Gasteiger charge is 2.88. The number of rotatable bonds is 3. The number of thiazole rings is 1. The van der Waals surface area contributed by atoms with E-state index >= 15 is 0 Å². The number of hydrogen-bond donors (Lipinski definition) is 0. The second kappa shape index (κ2) is 7.21. The van der Waals surface area contributed by atoms with Crippen molar-refractivity contribution >= 4 is 35.0 Å². The predicted molar refractivity (Wildman–Crippen MR) is 134 cm³/mol. The van der Waals surface area contributed by atoms with Crippen LogP contribution in [-0.4, -0.2) is 28.8 Å². The molecule has 0 amide bonds. The molecule has 2 aliphatic heterocycles. The first-order chi connectivity index (χ1) is 17.4. The quantitative estimate of drug-likeness (QED) is 0.387. The molecule has 3 aliphatic rings. The number of carbonyl (C=O) groups excluding carboxylic acids is 1. The Morgan fingerprint density at radius 1 is 1.17 bits per heavy atom. The lowest BCUT2D eigenvalue weighted by Crippen LogP contribution is -2.47. The van der Waals surface area contributed by atoms with Gasteiger partial charge < -0.3 is 13.9 Å². The van der Waals surface area contributed by atoms with E-state index in [-0.39, 0.29) is 5.56 Å². The molecule has 0 radical (unpaired) electrons. The van der Waals surface area contributed by atoms with Crippen LogP contribution in [-0.2, 0) is 9.53 Å². The molecule has 2 aromatic carbocycles. The van der Waals surface area contributed by atoms with Crippen molar-refractivity contribution in [3.8, 4) is 17.1 Å². The van der Waals surface area contributed by atoms with E-state index < -0.39 is 29.1 Å². The van der Waals surface area contributed by atoms with E-state index in [2.05, 4.69) is 0 Å². The average molecular weight is 519 g/mol. The fraction of sp³-hybridized carbons (Fsp3) is 0.222. The average Bonchev–Trinajstić information content (AvgIpc) is 3.27. The summed E-state index contributed by atoms with van der Waals surface area (Å²) in [6, 6.07) is 18.1. The highest BCUT2D eigenvalue weighted by molar-refractivity contribution is 7.07. The van der Waals surface area contributed by atoms with Crippen LogP contribution in [0.3, 0.4) is 0 Å².